The molecule has 0 unspecified atom stereocenters. The molecule has 2 aromatic heterocycles. The van der Waals surface area contributed by atoms with E-state index in [0.29, 0.717) is 23.2 Å². The maximum Gasteiger partial charge on any atom is 0.262 e. The zero-order valence-corrected chi connectivity index (χ0v) is 11.2. The number of aliphatic hydroxyl groups is 1. The van der Waals surface area contributed by atoms with Crippen molar-refractivity contribution in [3.8, 4) is 0 Å². The Hall–Kier alpha value is -1.73. The summed E-state index contributed by atoms with van der Waals surface area (Å²) in [6, 6.07) is 1.71. The summed E-state index contributed by atoms with van der Waals surface area (Å²) in [5.41, 5.74) is -0.197. The smallest absolute Gasteiger partial charge is 0.262 e. The number of amides is 1. The van der Waals surface area contributed by atoms with E-state index in [4.69, 9.17) is 5.11 Å². The predicted octanol–water partition coefficient (Wildman–Crippen LogP) is 0.347. The molecule has 0 bridgehead atoms. The number of aromatic nitrogens is 2. The minimum Gasteiger partial charge on any atom is -0.396 e. The van der Waals surface area contributed by atoms with Gasteiger partial charge in [-0.25, -0.2) is 4.98 Å². The van der Waals surface area contributed by atoms with Gasteiger partial charge in [0.1, 0.15) is 11.4 Å². The van der Waals surface area contributed by atoms with Gasteiger partial charge >= 0.3 is 0 Å². The SMILES string of the molecule is O=C(Cn1cnc2sccc2c1=O)NCCCCO. The summed E-state index contributed by atoms with van der Waals surface area (Å²) in [6.45, 7) is 0.590. The van der Waals surface area contributed by atoms with Crippen LogP contribution in [0.5, 0.6) is 0 Å². The van der Waals surface area contributed by atoms with Crippen molar-refractivity contribution in [3.63, 3.8) is 0 Å². The second-order valence-electron chi connectivity index (χ2n) is 4.10. The molecule has 19 heavy (non-hydrogen) atoms. The summed E-state index contributed by atoms with van der Waals surface area (Å²) in [4.78, 5) is 28.5. The topological polar surface area (TPSA) is 84.2 Å². The van der Waals surface area contributed by atoms with Crippen molar-refractivity contribution in [1.82, 2.24) is 14.9 Å². The van der Waals surface area contributed by atoms with E-state index in [2.05, 4.69) is 10.3 Å². The minimum absolute atomic E-state index is 0.0310. The quantitative estimate of drug-likeness (QED) is 0.748. The van der Waals surface area contributed by atoms with Gasteiger partial charge in [-0.2, -0.15) is 0 Å². The molecule has 0 aliphatic heterocycles. The molecule has 0 radical (unpaired) electrons. The fraction of sp³-hybridized carbons (Fsp3) is 0.417. The largest absolute Gasteiger partial charge is 0.396 e. The van der Waals surface area contributed by atoms with Gasteiger partial charge in [0.2, 0.25) is 5.91 Å². The number of carbonyl (C=O) groups is 1. The molecule has 0 atom stereocenters. The third-order valence-electron chi connectivity index (χ3n) is 2.67. The average Bonchev–Trinajstić information content (AvgIpc) is 2.87. The highest BCUT2D eigenvalue weighted by Gasteiger charge is 2.08. The molecule has 0 aliphatic carbocycles. The lowest BCUT2D eigenvalue weighted by Gasteiger charge is -2.06. The number of hydrogen-bond acceptors (Lipinski definition) is 5. The molecule has 2 heterocycles. The summed E-state index contributed by atoms with van der Waals surface area (Å²) >= 11 is 1.40. The number of nitrogens with one attached hydrogen (secondary N) is 1. The molecule has 6 nitrogen and oxygen atoms in total. The van der Waals surface area contributed by atoms with E-state index in [0.717, 1.165) is 6.42 Å². The summed E-state index contributed by atoms with van der Waals surface area (Å²) in [6.07, 6.45) is 2.77. The van der Waals surface area contributed by atoms with E-state index in [1.807, 2.05) is 0 Å². The Morgan fingerprint density at radius 2 is 2.32 bits per heavy atom. The summed E-state index contributed by atoms with van der Waals surface area (Å²) in [5, 5.41) is 13.7. The summed E-state index contributed by atoms with van der Waals surface area (Å²) < 4.78 is 1.30. The Morgan fingerprint density at radius 1 is 1.47 bits per heavy atom. The fourth-order valence-electron chi connectivity index (χ4n) is 1.68. The van der Waals surface area contributed by atoms with Gasteiger partial charge in [0, 0.05) is 13.2 Å². The second-order valence-corrected chi connectivity index (χ2v) is 4.99. The Labute approximate surface area is 113 Å². The van der Waals surface area contributed by atoms with Gasteiger partial charge in [-0.3, -0.25) is 14.2 Å². The lowest BCUT2D eigenvalue weighted by atomic mass is 10.3. The number of nitrogens with zero attached hydrogens (tertiary/aromatic N) is 2. The number of carbonyl (C=O) groups excluding carboxylic acids is 1. The van der Waals surface area contributed by atoms with Crippen molar-refractivity contribution in [3.05, 3.63) is 28.1 Å². The fourth-order valence-corrected chi connectivity index (χ4v) is 2.40. The van der Waals surface area contributed by atoms with E-state index < -0.39 is 0 Å². The number of hydrogen-bond donors (Lipinski definition) is 2. The van der Waals surface area contributed by atoms with Crippen LogP contribution in [-0.4, -0.2) is 33.7 Å². The van der Waals surface area contributed by atoms with Crippen molar-refractivity contribution < 1.29 is 9.90 Å². The van der Waals surface area contributed by atoms with Crippen LogP contribution in [0.4, 0.5) is 0 Å². The Kier molecular flexibility index (Phi) is 4.64. The molecule has 0 saturated heterocycles. The molecular weight excluding hydrogens is 266 g/mol. The average molecular weight is 281 g/mol. The van der Waals surface area contributed by atoms with Crippen LogP contribution in [-0.2, 0) is 11.3 Å². The van der Waals surface area contributed by atoms with Gasteiger partial charge in [-0.1, -0.05) is 0 Å². The van der Waals surface area contributed by atoms with Crippen LogP contribution >= 0.6 is 11.3 Å². The molecule has 0 saturated carbocycles. The van der Waals surface area contributed by atoms with E-state index in [1.54, 1.807) is 11.4 Å². The van der Waals surface area contributed by atoms with Crippen molar-refractivity contribution in [2.75, 3.05) is 13.2 Å². The van der Waals surface area contributed by atoms with Gasteiger partial charge < -0.3 is 10.4 Å². The van der Waals surface area contributed by atoms with Gasteiger partial charge in [0.15, 0.2) is 0 Å². The normalized spacial score (nSPS) is 10.8. The van der Waals surface area contributed by atoms with Crippen LogP contribution in [0, 0.1) is 0 Å². The molecule has 0 fully saturated rings. The molecule has 102 valence electrons. The first kappa shape index (κ1) is 13.7. The summed E-state index contributed by atoms with van der Waals surface area (Å²) in [7, 11) is 0. The predicted molar refractivity (Wildman–Crippen MR) is 73.2 cm³/mol. The number of rotatable bonds is 6. The van der Waals surface area contributed by atoms with Crippen LogP contribution in [0.15, 0.2) is 22.6 Å². The van der Waals surface area contributed by atoms with Gasteiger partial charge in [0.25, 0.3) is 5.56 Å². The molecule has 0 aliphatic rings. The van der Waals surface area contributed by atoms with Gasteiger partial charge in [-0.15, -0.1) is 11.3 Å². The highest BCUT2D eigenvalue weighted by Crippen LogP contribution is 2.12. The molecule has 0 aromatic carbocycles. The van der Waals surface area contributed by atoms with Crippen molar-refractivity contribution in [2.24, 2.45) is 0 Å². The molecule has 7 heteroatoms. The van der Waals surface area contributed by atoms with Crippen LogP contribution in [0.3, 0.4) is 0 Å². The number of thiophene rings is 1. The zero-order chi connectivity index (χ0) is 13.7. The standard InChI is InChI=1S/C12H15N3O3S/c16-5-2-1-4-13-10(17)7-15-8-14-11-9(12(15)18)3-6-19-11/h3,6,8,16H,1-2,4-5,7H2,(H,13,17). The molecule has 2 N–H and O–H groups in total. The van der Waals surface area contributed by atoms with Crippen LogP contribution in [0.25, 0.3) is 10.2 Å². The molecule has 0 spiro atoms. The van der Waals surface area contributed by atoms with Crippen molar-refractivity contribution >= 4 is 27.5 Å². The van der Waals surface area contributed by atoms with Crippen LogP contribution < -0.4 is 10.9 Å². The highest BCUT2D eigenvalue weighted by atomic mass is 32.1. The molecule has 1 amide bonds. The summed E-state index contributed by atoms with van der Waals surface area (Å²) in [5.74, 6) is -0.226. The van der Waals surface area contributed by atoms with E-state index in [1.165, 1.54) is 22.2 Å². The number of unbranched alkanes of at least 4 members (excludes halogenated alkanes) is 1. The Bertz CT molecular complexity index is 620. The minimum atomic E-state index is -0.226. The monoisotopic (exact) mass is 281 g/mol. The van der Waals surface area contributed by atoms with Crippen molar-refractivity contribution in [2.45, 2.75) is 19.4 Å². The van der Waals surface area contributed by atoms with E-state index >= 15 is 0 Å². The molecule has 2 rings (SSSR count). The Balaban J connectivity index is 1.99. The first-order valence-electron chi connectivity index (χ1n) is 6.02. The first-order valence-corrected chi connectivity index (χ1v) is 6.90. The van der Waals surface area contributed by atoms with Gasteiger partial charge in [0.05, 0.1) is 11.7 Å². The first-order chi connectivity index (χ1) is 9.22. The van der Waals surface area contributed by atoms with Gasteiger partial charge in [-0.05, 0) is 24.3 Å². The lowest BCUT2D eigenvalue weighted by molar-refractivity contribution is -0.121. The Morgan fingerprint density at radius 3 is 3.11 bits per heavy atom. The zero-order valence-electron chi connectivity index (χ0n) is 10.3. The molecular formula is C12H15N3O3S. The maximum atomic E-state index is 12.0. The third-order valence-corrected chi connectivity index (χ3v) is 3.49. The number of aliphatic hydroxyl groups excluding tert-OH is 1. The number of fused-ring (bicyclic) bond motifs is 1. The second kappa shape index (κ2) is 6.44. The van der Waals surface area contributed by atoms with E-state index in [9.17, 15) is 9.59 Å². The van der Waals surface area contributed by atoms with Crippen molar-refractivity contribution in [1.29, 1.82) is 0 Å². The highest BCUT2D eigenvalue weighted by molar-refractivity contribution is 7.16. The lowest BCUT2D eigenvalue weighted by Crippen LogP contribution is -2.32. The van der Waals surface area contributed by atoms with E-state index in [-0.39, 0.29) is 24.6 Å². The third kappa shape index (κ3) is 3.39. The maximum absolute atomic E-state index is 12.0. The van der Waals surface area contributed by atoms with Crippen LogP contribution in [0.1, 0.15) is 12.8 Å². The van der Waals surface area contributed by atoms with Crippen LogP contribution in [0.2, 0.25) is 0 Å². The molecule has 2 aromatic rings.